The van der Waals surface area contributed by atoms with Gasteiger partial charge >= 0.3 is 5.97 Å². The van der Waals surface area contributed by atoms with E-state index in [2.05, 4.69) is 0 Å². The van der Waals surface area contributed by atoms with Gasteiger partial charge in [-0.2, -0.15) is 0 Å². The van der Waals surface area contributed by atoms with E-state index >= 15 is 0 Å². The van der Waals surface area contributed by atoms with Crippen LogP contribution in [-0.2, 0) is 42.9 Å². The van der Waals surface area contributed by atoms with Crippen LogP contribution in [0.15, 0.2) is 23.3 Å². The summed E-state index contributed by atoms with van der Waals surface area (Å²) in [4.78, 5) is 57.7. The van der Waals surface area contributed by atoms with Crippen molar-refractivity contribution in [3.05, 3.63) is 23.3 Å². The maximum Gasteiger partial charge on any atom is 0.329 e. The van der Waals surface area contributed by atoms with Gasteiger partial charge in [-0.25, -0.2) is 4.79 Å². The van der Waals surface area contributed by atoms with E-state index in [1.807, 2.05) is 19.9 Å². The smallest absolute Gasteiger partial charge is 0.329 e. The fourth-order valence-corrected chi connectivity index (χ4v) is 9.31. The molecule has 2 saturated heterocycles. The Morgan fingerprint density at radius 1 is 0.912 bits per heavy atom. The number of hydrogen-bond donors (Lipinski definition) is 4. The van der Waals surface area contributed by atoms with Crippen LogP contribution < -0.4 is 0 Å². The predicted molar refractivity (Wildman–Crippen MR) is 209 cm³/mol. The minimum atomic E-state index is -2.57. The van der Waals surface area contributed by atoms with Gasteiger partial charge in [0.25, 0.3) is 11.7 Å². The van der Waals surface area contributed by atoms with Crippen LogP contribution in [0.3, 0.4) is 0 Å². The molecule has 14 nitrogen and oxygen atoms in total. The fraction of sp³-hybridized carbons (Fsp3) is 0.814. The first-order valence-electron chi connectivity index (χ1n) is 20.9. The molecule has 2 bridgehead atoms. The summed E-state index contributed by atoms with van der Waals surface area (Å²) >= 11 is 0. The normalized spacial score (nSPS) is 42.4. The van der Waals surface area contributed by atoms with E-state index in [0.29, 0.717) is 49.7 Å². The van der Waals surface area contributed by atoms with Crippen LogP contribution in [0.25, 0.3) is 0 Å². The molecule has 4 rings (SSSR count). The highest BCUT2D eigenvalue weighted by molar-refractivity contribution is 6.39. The van der Waals surface area contributed by atoms with Gasteiger partial charge in [-0.05, 0) is 94.6 Å². The second-order valence-electron chi connectivity index (χ2n) is 17.2. The third kappa shape index (κ3) is 10.8. The summed E-state index contributed by atoms with van der Waals surface area (Å²) in [5.74, 6) is -8.59. The molecule has 14 heteroatoms. The standard InChI is InChI=1S/C43H69NO13/c1-10-29-18-23(2)37(48)24(3)19-35(54-8)39-36(55-9)20-26(5)43(52,57-39)40(49)41(50)44-16-12-11-13-30(44)42(51)56-38(27(6)32(46)22-33(29)47)25(4)17-28-14-15-31(45)34(21-28)53-7/h17-18,24,26-32,34-39,45-46,48,52H,10-16,19-22H2,1-9H3/b23-18-,25-17+/t24-,26-,27-,28+,29-,30+,31-,32+,34-,35+,36+,37-,38-,39-,43-/m1/s1. The van der Waals surface area contributed by atoms with E-state index in [-0.39, 0.29) is 50.0 Å². The third-order valence-corrected chi connectivity index (χ3v) is 13.2. The summed E-state index contributed by atoms with van der Waals surface area (Å²) in [6.45, 7) is 10.6. The van der Waals surface area contributed by atoms with Crippen molar-refractivity contribution in [1.82, 2.24) is 4.90 Å². The number of esters is 1. The number of methoxy groups -OCH3 is 3. The van der Waals surface area contributed by atoms with Crippen LogP contribution in [0.4, 0.5) is 0 Å². The Hall–Kier alpha value is -2.56. The zero-order chi connectivity index (χ0) is 42.4. The van der Waals surface area contributed by atoms with Gasteiger partial charge in [-0.1, -0.05) is 39.8 Å². The molecule has 0 unspecified atom stereocenters. The Balaban J connectivity index is 1.79. The molecule has 1 amide bonds. The Bertz CT molecular complexity index is 1470. The molecule has 15 atom stereocenters. The minimum Gasteiger partial charge on any atom is -0.456 e. The lowest BCUT2D eigenvalue weighted by atomic mass is 9.81. The number of allylic oxidation sites excluding steroid dienone is 2. The van der Waals surface area contributed by atoms with Crippen molar-refractivity contribution < 1.29 is 63.3 Å². The first kappa shape index (κ1) is 47.1. The topological polar surface area (TPSA) is 199 Å². The van der Waals surface area contributed by atoms with Crippen molar-refractivity contribution in [2.45, 2.75) is 166 Å². The van der Waals surface area contributed by atoms with E-state index in [1.54, 1.807) is 40.9 Å². The van der Waals surface area contributed by atoms with Crippen LogP contribution in [0.5, 0.6) is 0 Å². The van der Waals surface area contributed by atoms with Crippen LogP contribution in [0, 0.1) is 29.6 Å². The molecule has 324 valence electrons. The number of ether oxygens (including phenoxy) is 5. The summed E-state index contributed by atoms with van der Waals surface area (Å²) in [7, 11) is 4.49. The number of aliphatic hydroxyl groups is 4. The Kier molecular flexibility index (Phi) is 17.0. The molecule has 0 radical (unpaired) electrons. The Morgan fingerprint density at radius 3 is 2.19 bits per heavy atom. The second-order valence-corrected chi connectivity index (χ2v) is 17.2. The number of piperidine rings is 1. The highest BCUT2D eigenvalue weighted by Gasteiger charge is 2.56. The predicted octanol–water partition coefficient (Wildman–Crippen LogP) is 3.44. The number of amides is 1. The van der Waals surface area contributed by atoms with Gasteiger partial charge in [-0.15, -0.1) is 0 Å². The van der Waals surface area contributed by atoms with Crippen molar-refractivity contribution in [1.29, 1.82) is 0 Å². The van der Waals surface area contributed by atoms with E-state index in [0.717, 1.165) is 4.90 Å². The number of carbonyl (C=O) groups is 4. The second kappa shape index (κ2) is 20.6. The first-order valence-corrected chi connectivity index (χ1v) is 20.9. The molecule has 57 heavy (non-hydrogen) atoms. The van der Waals surface area contributed by atoms with Crippen LogP contribution in [0.2, 0.25) is 0 Å². The van der Waals surface area contributed by atoms with E-state index < -0.39 is 95.9 Å². The van der Waals surface area contributed by atoms with E-state index in [4.69, 9.17) is 23.7 Å². The number of nitrogens with zero attached hydrogens (tertiary/aromatic N) is 1. The molecule has 4 aliphatic rings. The quantitative estimate of drug-likeness (QED) is 0.173. The SMILES string of the molecule is CC[C@@H]1/C=C(/C)[C@@H](O)[C@H](C)C[C@H](OC)[C@H]2O[C@@](O)(C(=O)C(=O)N3CCCC[C@H]3C(=O)O[C@H](/C(C)=C/[C@@H]3CC[C@@H](O)[C@H](OC)C3)[C@H](C)[C@@H](O)CC1=O)[C@H](C)C[C@@H]2OC. The highest BCUT2D eigenvalue weighted by Crippen LogP contribution is 2.39. The lowest BCUT2D eigenvalue weighted by molar-refractivity contribution is -0.302. The van der Waals surface area contributed by atoms with Gasteiger partial charge in [0.1, 0.15) is 24.0 Å². The maximum atomic E-state index is 14.3. The lowest BCUT2D eigenvalue weighted by Crippen LogP contribution is -2.64. The average Bonchev–Trinajstić information content (AvgIpc) is 3.20. The van der Waals surface area contributed by atoms with Crippen LogP contribution >= 0.6 is 0 Å². The van der Waals surface area contributed by atoms with Crippen molar-refractivity contribution in [3.63, 3.8) is 0 Å². The highest BCUT2D eigenvalue weighted by atomic mass is 16.7. The number of ketones is 2. The third-order valence-electron chi connectivity index (χ3n) is 13.2. The van der Waals surface area contributed by atoms with Crippen LogP contribution in [0.1, 0.15) is 106 Å². The van der Waals surface area contributed by atoms with Gasteiger partial charge in [0.2, 0.25) is 5.79 Å². The molecule has 0 aromatic heterocycles. The summed E-state index contributed by atoms with van der Waals surface area (Å²) in [5, 5.41) is 45.6. The van der Waals surface area contributed by atoms with Crippen molar-refractivity contribution >= 4 is 23.4 Å². The molecular weight excluding hydrogens is 738 g/mol. The fourth-order valence-electron chi connectivity index (χ4n) is 9.31. The summed E-state index contributed by atoms with van der Waals surface area (Å²) in [5.41, 5.74) is 1.19. The molecule has 0 aromatic carbocycles. The number of hydrogen-bond acceptors (Lipinski definition) is 13. The lowest BCUT2D eigenvalue weighted by Gasteiger charge is -2.47. The zero-order valence-corrected chi connectivity index (χ0v) is 35.4. The number of aliphatic hydroxyl groups excluding tert-OH is 3. The number of Topliss-reactive ketones (excluding diaryl/α,β-unsaturated/α-hetero) is 2. The number of rotatable bonds is 6. The van der Waals surface area contributed by atoms with Crippen molar-refractivity contribution in [2.24, 2.45) is 29.6 Å². The van der Waals surface area contributed by atoms with Gasteiger partial charge in [0, 0.05) is 52.0 Å². The Morgan fingerprint density at radius 2 is 1.56 bits per heavy atom. The molecule has 0 spiro atoms. The van der Waals surface area contributed by atoms with Crippen molar-refractivity contribution in [3.8, 4) is 0 Å². The van der Waals surface area contributed by atoms with Gasteiger partial charge in [0.15, 0.2) is 0 Å². The van der Waals surface area contributed by atoms with Gasteiger partial charge in [-0.3, -0.25) is 14.4 Å². The zero-order valence-electron chi connectivity index (χ0n) is 35.4. The van der Waals surface area contributed by atoms with Crippen LogP contribution in [-0.4, -0.2) is 137 Å². The summed E-state index contributed by atoms with van der Waals surface area (Å²) in [6, 6.07) is -1.16. The number of cyclic esters (lactones) is 1. The average molecular weight is 808 g/mol. The van der Waals surface area contributed by atoms with E-state index in [9.17, 15) is 39.6 Å². The molecular formula is C43H69NO13. The molecule has 1 aliphatic carbocycles. The van der Waals surface area contributed by atoms with Crippen molar-refractivity contribution in [2.75, 3.05) is 27.9 Å². The molecule has 4 N–H and O–H groups in total. The molecule has 3 fully saturated rings. The molecule has 3 aliphatic heterocycles. The molecule has 1 saturated carbocycles. The van der Waals surface area contributed by atoms with Gasteiger partial charge in [0.05, 0.1) is 36.6 Å². The largest absolute Gasteiger partial charge is 0.456 e. The molecule has 0 aromatic rings. The van der Waals surface area contributed by atoms with Gasteiger partial charge < -0.3 is 49.0 Å². The maximum absolute atomic E-state index is 14.3. The number of fused-ring (bicyclic) bond motifs is 3. The monoisotopic (exact) mass is 807 g/mol. The first-order chi connectivity index (χ1) is 26.9. The molecule has 3 heterocycles. The summed E-state index contributed by atoms with van der Waals surface area (Å²) in [6.07, 6.45) is 0.618. The minimum absolute atomic E-state index is 0.0255. The summed E-state index contributed by atoms with van der Waals surface area (Å²) < 4.78 is 29.6. The van der Waals surface area contributed by atoms with E-state index in [1.165, 1.54) is 14.2 Å². The number of carbonyl (C=O) groups excluding carboxylic acids is 4. The Labute approximate surface area is 338 Å².